The molecule has 1 aromatic rings. The third kappa shape index (κ3) is 3.13. The van der Waals surface area contributed by atoms with Gasteiger partial charge in [0.1, 0.15) is 0 Å². The van der Waals surface area contributed by atoms with Crippen LogP contribution in [0.5, 0.6) is 0 Å². The van der Waals surface area contributed by atoms with Gasteiger partial charge in [0, 0.05) is 24.5 Å². The highest BCUT2D eigenvalue weighted by molar-refractivity contribution is 5.99. The van der Waals surface area contributed by atoms with Gasteiger partial charge >= 0.3 is 0 Å². The van der Waals surface area contributed by atoms with Crippen LogP contribution in [0.1, 0.15) is 29.6 Å². The molecule has 1 aliphatic heterocycles. The van der Waals surface area contributed by atoms with Crippen molar-refractivity contribution in [1.82, 2.24) is 0 Å². The van der Waals surface area contributed by atoms with E-state index < -0.39 is 5.91 Å². The van der Waals surface area contributed by atoms with Crippen LogP contribution < -0.4 is 16.8 Å². The smallest absolute Gasteiger partial charge is 0.250 e. The van der Waals surface area contributed by atoms with E-state index in [-0.39, 0.29) is 6.10 Å². The molecule has 0 saturated carbocycles. The summed E-state index contributed by atoms with van der Waals surface area (Å²) in [7, 11) is 0. The summed E-state index contributed by atoms with van der Waals surface area (Å²) in [4.78, 5) is 11.3. The highest BCUT2D eigenvalue weighted by Crippen LogP contribution is 2.20. The lowest BCUT2D eigenvalue weighted by molar-refractivity contribution is 0.0247. The summed E-state index contributed by atoms with van der Waals surface area (Å²) in [5.74, 6) is -0.456. The van der Waals surface area contributed by atoms with Crippen LogP contribution in [0.25, 0.3) is 0 Å². The molecule has 5 nitrogen and oxygen atoms in total. The molecule has 1 unspecified atom stereocenters. The monoisotopic (exact) mass is 249 g/mol. The molecule has 5 heteroatoms. The van der Waals surface area contributed by atoms with E-state index in [0.29, 0.717) is 23.5 Å². The van der Waals surface area contributed by atoms with Crippen molar-refractivity contribution < 1.29 is 9.53 Å². The number of nitrogen functional groups attached to an aromatic ring is 1. The maximum Gasteiger partial charge on any atom is 0.250 e. The first-order chi connectivity index (χ1) is 8.66. The minimum atomic E-state index is -0.456. The van der Waals surface area contributed by atoms with Crippen molar-refractivity contribution in [1.29, 1.82) is 0 Å². The predicted molar refractivity (Wildman–Crippen MR) is 71.5 cm³/mol. The van der Waals surface area contributed by atoms with Crippen molar-refractivity contribution in [2.45, 2.75) is 25.4 Å². The first-order valence-corrected chi connectivity index (χ1v) is 6.21. The van der Waals surface area contributed by atoms with Gasteiger partial charge in [-0.25, -0.2) is 0 Å². The molecular formula is C13H19N3O2. The number of carbonyl (C=O) groups is 1. The summed E-state index contributed by atoms with van der Waals surface area (Å²) in [6, 6.07) is 5.03. The van der Waals surface area contributed by atoms with Gasteiger partial charge in [0.05, 0.1) is 11.7 Å². The number of nitrogens with one attached hydrogen (secondary N) is 1. The number of rotatable bonds is 4. The largest absolute Gasteiger partial charge is 0.399 e. The number of hydrogen-bond donors (Lipinski definition) is 3. The molecule has 5 N–H and O–H groups in total. The molecule has 0 radical (unpaired) electrons. The van der Waals surface area contributed by atoms with Crippen LogP contribution in [0.3, 0.4) is 0 Å². The fraction of sp³-hybridized carbons (Fsp3) is 0.462. The van der Waals surface area contributed by atoms with Gasteiger partial charge in [-0.3, -0.25) is 4.79 Å². The summed E-state index contributed by atoms with van der Waals surface area (Å²) in [5, 5.41) is 3.20. The van der Waals surface area contributed by atoms with Crippen LogP contribution in [0.2, 0.25) is 0 Å². The van der Waals surface area contributed by atoms with Gasteiger partial charge in [-0.1, -0.05) is 0 Å². The highest BCUT2D eigenvalue weighted by atomic mass is 16.5. The van der Waals surface area contributed by atoms with Crippen LogP contribution in [0.15, 0.2) is 18.2 Å². The van der Waals surface area contributed by atoms with E-state index in [4.69, 9.17) is 16.2 Å². The summed E-state index contributed by atoms with van der Waals surface area (Å²) in [6.45, 7) is 1.48. The second-order valence-corrected chi connectivity index (χ2v) is 4.54. The van der Waals surface area contributed by atoms with Gasteiger partial charge in [-0.05, 0) is 37.5 Å². The van der Waals surface area contributed by atoms with Crippen molar-refractivity contribution in [3.05, 3.63) is 23.8 Å². The molecule has 18 heavy (non-hydrogen) atoms. The van der Waals surface area contributed by atoms with Crippen LogP contribution >= 0.6 is 0 Å². The number of amides is 1. The Bertz CT molecular complexity index is 428. The zero-order chi connectivity index (χ0) is 13.0. The van der Waals surface area contributed by atoms with Gasteiger partial charge in [-0.2, -0.15) is 0 Å². The molecule has 1 aliphatic rings. The predicted octanol–water partition coefficient (Wildman–Crippen LogP) is 1.35. The number of hydrogen-bond acceptors (Lipinski definition) is 4. The van der Waals surface area contributed by atoms with Crippen molar-refractivity contribution in [3.63, 3.8) is 0 Å². The first kappa shape index (κ1) is 12.7. The average Bonchev–Trinajstić information content (AvgIpc) is 2.37. The van der Waals surface area contributed by atoms with Crippen molar-refractivity contribution in [2.24, 2.45) is 5.73 Å². The number of ether oxygens (including phenoxy) is 1. The Morgan fingerprint density at radius 3 is 2.94 bits per heavy atom. The van der Waals surface area contributed by atoms with Gasteiger partial charge in [-0.15, -0.1) is 0 Å². The second kappa shape index (κ2) is 5.73. The minimum Gasteiger partial charge on any atom is -0.399 e. The lowest BCUT2D eigenvalue weighted by Crippen LogP contribution is -2.27. The van der Waals surface area contributed by atoms with Gasteiger partial charge < -0.3 is 21.5 Å². The van der Waals surface area contributed by atoms with E-state index in [1.54, 1.807) is 18.2 Å². The zero-order valence-electron chi connectivity index (χ0n) is 10.3. The van der Waals surface area contributed by atoms with E-state index in [1.807, 2.05) is 0 Å². The number of nitrogens with two attached hydrogens (primary N) is 2. The van der Waals surface area contributed by atoms with E-state index in [9.17, 15) is 4.79 Å². The fourth-order valence-corrected chi connectivity index (χ4v) is 2.12. The molecule has 1 heterocycles. The quantitative estimate of drug-likeness (QED) is 0.702. The highest BCUT2D eigenvalue weighted by Gasteiger charge is 2.15. The topological polar surface area (TPSA) is 90.4 Å². The lowest BCUT2D eigenvalue weighted by atomic mass is 10.1. The molecule has 0 aliphatic carbocycles. The third-order valence-corrected chi connectivity index (χ3v) is 3.10. The number of anilines is 2. The Balaban J connectivity index is 2.03. The van der Waals surface area contributed by atoms with Crippen molar-refractivity contribution in [3.8, 4) is 0 Å². The maximum absolute atomic E-state index is 11.3. The molecule has 1 amide bonds. The maximum atomic E-state index is 11.3. The molecule has 1 aromatic carbocycles. The summed E-state index contributed by atoms with van der Waals surface area (Å²) < 4.78 is 5.62. The Morgan fingerprint density at radius 2 is 2.28 bits per heavy atom. The summed E-state index contributed by atoms with van der Waals surface area (Å²) in [6.07, 6.45) is 3.55. The minimum absolute atomic E-state index is 0.195. The number of primary amides is 1. The Morgan fingerprint density at radius 1 is 1.44 bits per heavy atom. The SMILES string of the molecule is NC(=O)c1ccc(N)cc1NCC1CCCCO1. The van der Waals surface area contributed by atoms with E-state index in [1.165, 1.54) is 6.42 Å². The van der Waals surface area contributed by atoms with Crippen LogP contribution in [0.4, 0.5) is 11.4 Å². The van der Waals surface area contributed by atoms with E-state index >= 15 is 0 Å². The molecule has 0 aromatic heterocycles. The normalized spacial score (nSPS) is 19.4. The molecule has 1 fully saturated rings. The average molecular weight is 249 g/mol. The molecule has 0 bridgehead atoms. The Labute approximate surface area is 106 Å². The van der Waals surface area contributed by atoms with Crippen LogP contribution in [-0.2, 0) is 4.74 Å². The molecule has 98 valence electrons. The van der Waals surface area contributed by atoms with E-state index in [0.717, 1.165) is 19.4 Å². The summed E-state index contributed by atoms with van der Waals surface area (Å²) >= 11 is 0. The molecule has 1 atom stereocenters. The molecule has 1 saturated heterocycles. The van der Waals surface area contributed by atoms with Crippen molar-refractivity contribution >= 4 is 17.3 Å². The summed E-state index contributed by atoms with van der Waals surface area (Å²) in [5.41, 5.74) is 12.8. The number of benzene rings is 1. The molecular weight excluding hydrogens is 230 g/mol. The molecule has 0 spiro atoms. The standard InChI is InChI=1S/C13H19N3O2/c14-9-4-5-11(13(15)17)12(7-9)16-8-10-3-1-2-6-18-10/h4-5,7,10,16H,1-3,6,8,14H2,(H2,15,17). The van der Waals surface area contributed by atoms with Gasteiger partial charge in [0.25, 0.3) is 5.91 Å². The first-order valence-electron chi connectivity index (χ1n) is 6.21. The van der Waals surface area contributed by atoms with E-state index in [2.05, 4.69) is 5.32 Å². The van der Waals surface area contributed by atoms with Gasteiger partial charge in [0.15, 0.2) is 0 Å². The number of carbonyl (C=O) groups excluding carboxylic acids is 1. The second-order valence-electron chi connectivity index (χ2n) is 4.54. The lowest BCUT2D eigenvalue weighted by Gasteiger charge is -2.23. The Hall–Kier alpha value is -1.75. The fourth-order valence-electron chi connectivity index (χ4n) is 2.12. The molecule has 2 rings (SSSR count). The third-order valence-electron chi connectivity index (χ3n) is 3.10. The van der Waals surface area contributed by atoms with Crippen LogP contribution in [-0.4, -0.2) is 25.2 Å². The zero-order valence-corrected chi connectivity index (χ0v) is 10.3. The van der Waals surface area contributed by atoms with Crippen molar-refractivity contribution in [2.75, 3.05) is 24.2 Å². The van der Waals surface area contributed by atoms with Gasteiger partial charge in [0.2, 0.25) is 0 Å². The van der Waals surface area contributed by atoms with Crippen LogP contribution in [0, 0.1) is 0 Å². The Kier molecular flexibility index (Phi) is 4.04.